The molecule has 0 fully saturated rings. The number of para-hydroxylation sites is 1. The maximum absolute atomic E-state index is 13.4. The molecule has 1 heterocycles. The number of methoxy groups -OCH3 is 2. The highest BCUT2D eigenvalue weighted by Gasteiger charge is 2.19. The van der Waals surface area contributed by atoms with Crippen molar-refractivity contribution < 1.29 is 19.1 Å². The fourth-order valence-corrected chi connectivity index (χ4v) is 4.18. The molecule has 4 aromatic rings. The molecule has 0 bridgehead atoms. The monoisotopic (exact) mass is 536 g/mol. The van der Waals surface area contributed by atoms with Gasteiger partial charge in [0, 0.05) is 11.8 Å². The summed E-state index contributed by atoms with van der Waals surface area (Å²) in [5, 5.41) is 5.79. The number of nitrogens with zero attached hydrogens (tertiary/aromatic N) is 2. The zero-order valence-corrected chi connectivity index (χ0v) is 21.7. The van der Waals surface area contributed by atoms with Gasteiger partial charge in [-0.1, -0.05) is 41.4 Å². The largest absolute Gasteiger partial charge is 0.495 e. The van der Waals surface area contributed by atoms with Crippen LogP contribution in [0.2, 0.25) is 5.02 Å². The number of hydrogen-bond donors (Lipinski definition) is 2. The Morgan fingerprint density at radius 2 is 1.47 bits per heavy atom. The third-order valence-electron chi connectivity index (χ3n) is 5.82. The average molecular weight is 537 g/mol. The summed E-state index contributed by atoms with van der Waals surface area (Å²) >= 11 is 6.19. The Hall–Kier alpha value is -4.57. The smallest absolute Gasteiger partial charge is 0.332 e. The molecule has 0 atom stereocenters. The lowest BCUT2D eigenvalue weighted by Crippen LogP contribution is -2.44. The van der Waals surface area contributed by atoms with E-state index in [1.54, 1.807) is 30.3 Å². The second-order valence-corrected chi connectivity index (χ2v) is 8.83. The van der Waals surface area contributed by atoms with Crippen molar-refractivity contribution in [2.45, 2.75) is 20.0 Å². The Morgan fingerprint density at radius 1 is 0.842 bits per heavy atom. The van der Waals surface area contributed by atoms with Gasteiger partial charge in [0.25, 0.3) is 5.56 Å². The van der Waals surface area contributed by atoms with Crippen LogP contribution < -0.4 is 31.4 Å². The summed E-state index contributed by atoms with van der Waals surface area (Å²) < 4.78 is 12.4. The van der Waals surface area contributed by atoms with E-state index < -0.39 is 36.2 Å². The van der Waals surface area contributed by atoms with Crippen LogP contribution in [0.15, 0.2) is 70.3 Å². The van der Waals surface area contributed by atoms with E-state index in [0.29, 0.717) is 17.2 Å². The fraction of sp³-hybridized carbons (Fsp3) is 0.185. The molecule has 2 amide bonds. The standard InChI is InChI=1S/C27H25ClN4O6/c1-16-8-10-17(11-9-16)29-24(33)15-32-26(35)18-6-4-5-7-21(18)31(27(32)36)14-25(34)30-20-12-19(28)22(37-2)13-23(20)38-3/h4-13H,14-15H2,1-3H3,(H,29,33)(H,30,34). The highest BCUT2D eigenvalue weighted by atomic mass is 35.5. The first-order chi connectivity index (χ1) is 18.2. The Morgan fingerprint density at radius 3 is 2.16 bits per heavy atom. The molecule has 0 aliphatic carbocycles. The zero-order valence-electron chi connectivity index (χ0n) is 20.9. The fourth-order valence-electron chi connectivity index (χ4n) is 3.94. The van der Waals surface area contributed by atoms with Gasteiger partial charge in [-0.3, -0.25) is 23.5 Å². The summed E-state index contributed by atoms with van der Waals surface area (Å²) in [4.78, 5) is 52.2. The molecule has 10 nitrogen and oxygen atoms in total. The number of halogens is 1. The van der Waals surface area contributed by atoms with Crippen LogP contribution in [0.25, 0.3) is 10.9 Å². The molecule has 0 aliphatic rings. The lowest BCUT2D eigenvalue weighted by atomic mass is 10.2. The topological polar surface area (TPSA) is 121 Å². The molecular weight excluding hydrogens is 512 g/mol. The van der Waals surface area contributed by atoms with Crippen LogP contribution in [0, 0.1) is 6.92 Å². The van der Waals surface area contributed by atoms with Gasteiger partial charge in [-0.2, -0.15) is 0 Å². The second-order valence-electron chi connectivity index (χ2n) is 8.43. The summed E-state index contributed by atoms with van der Waals surface area (Å²) in [6, 6.07) is 16.5. The molecule has 3 aromatic carbocycles. The predicted molar refractivity (Wildman–Crippen MR) is 145 cm³/mol. The Labute approximate surface area is 222 Å². The maximum atomic E-state index is 13.4. The van der Waals surface area contributed by atoms with Crippen molar-refractivity contribution >= 4 is 45.7 Å². The average Bonchev–Trinajstić information content (AvgIpc) is 2.90. The summed E-state index contributed by atoms with van der Waals surface area (Å²) in [7, 11) is 2.88. The molecule has 0 spiro atoms. The molecule has 196 valence electrons. The van der Waals surface area contributed by atoms with Gasteiger partial charge in [-0.05, 0) is 37.3 Å². The summed E-state index contributed by atoms with van der Waals surface area (Å²) in [5.41, 5.74) is 0.636. The summed E-state index contributed by atoms with van der Waals surface area (Å²) in [6.07, 6.45) is 0. The van der Waals surface area contributed by atoms with Gasteiger partial charge >= 0.3 is 5.69 Å². The van der Waals surface area contributed by atoms with E-state index in [1.165, 1.54) is 32.4 Å². The number of hydrogen-bond acceptors (Lipinski definition) is 6. The number of aromatic nitrogens is 2. The third kappa shape index (κ3) is 5.55. The Bertz CT molecular complexity index is 1640. The third-order valence-corrected chi connectivity index (χ3v) is 6.11. The number of ether oxygens (including phenoxy) is 2. The molecule has 38 heavy (non-hydrogen) atoms. The SMILES string of the molecule is COc1cc(OC)c(NC(=O)Cn2c(=O)n(CC(=O)Nc3ccc(C)cc3)c(=O)c3ccccc32)cc1Cl. The van der Waals surface area contributed by atoms with Crippen molar-refractivity contribution in [3.05, 3.63) is 92.1 Å². The molecular formula is C27H25ClN4O6. The predicted octanol–water partition coefficient (Wildman–Crippen LogP) is 3.42. The van der Waals surface area contributed by atoms with Crippen molar-refractivity contribution in [1.82, 2.24) is 9.13 Å². The van der Waals surface area contributed by atoms with Gasteiger partial charge in [0.05, 0.1) is 35.8 Å². The first-order valence-electron chi connectivity index (χ1n) is 11.5. The van der Waals surface area contributed by atoms with Crippen molar-refractivity contribution in [2.75, 3.05) is 24.9 Å². The van der Waals surface area contributed by atoms with Gasteiger partial charge in [0.15, 0.2) is 0 Å². The molecule has 4 rings (SSSR count). The minimum absolute atomic E-state index is 0.188. The minimum atomic E-state index is -0.803. The van der Waals surface area contributed by atoms with Gasteiger partial charge in [0.2, 0.25) is 11.8 Å². The molecule has 1 aromatic heterocycles. The van der Waals surface area contributed by atoms with Crippen LogP contribution in [-0.2, 0) is 22.7 Å². The van der Waals surface area contributed by atoms with Gasteiger partial charge in [0.1, 0.15) is 24.6 Å². The molecule has 0 saturated carbocycles. The first-order valence-corrected chi connectivity index (χ1v) is 11.9. The lowest BCUT2D eigenvalue weighted by molar-refractivity contribution is -0.117. The van der Waals surface area contributed by atoms with E-state index in [2.05, 4.69) is 10.6 Å². The van der Waals surface area contributed by atoms with Gasteiger partial charge < -0.3 is 20.1 Å². The molecule has 0 aliphatic heterocycles. The number of benzene rings is 3. The first kappa shape index (κ1) is 26.5. The van der Waals surface area contributed by atoms with Crippen molar-refractivity contribution in [3.63, 3.8) is 0 Å². The minimum Gasteiger partial charge on any atom is -0.495 e. The summed E-state index contributed by atoms with van der Waals surface area (Å²) in [6.45, 7) is 0.948. The number of carbonyl (C=O) groups excluding carboxylic acids is 2. The second kappa shape index (κ2) is 11.2. The van der Waals surface area contributed by atoms with Crippen molar-refractivity contribution in [1.29, 1.82) is 0 Å². The Balaban J connectivity index is 1.66. The normalized spacial score (nSPS) is 10.7. The van der Waals surface area contributed by atoms with Crippen LogP contribution in [0.3, 0.4) is 0 Å². The van der Waals surface area contributed by atoms with E-state index in [1.807, 2.05) is 19.1 Å². The molecule has 11 heteroatoms. The van der Waals surface area contributed by atoms with E-state index >= 15 is 0 Å². The van der Waals surface area contributed by atoms with E-state index in [9.17, 15) is 19.2 Å². The number of amides is 2. The Kier molecular flexibility index (Phi) is 7.82. The highest BCUT2D eigenvalue weighted by molar-refractivity contribution is 6.32. The molecule has 2 N–H and O–H groups in total. The van der Waals surface area contributed by atoms with Gasteiger partial charge in [-0.15, -0.1) is 0 Å². The summed E-state index contributed by atoms with van der Waals surface area (Å²) in [5.74, 6) is -0.475. The van der Waals surface area contributed by atoms with Gasteiger partial charge in [-0.25, -0.2) is 4.79 Å². The van der Waals surface area contributed by atoms with Crippen molar-refractivity contribution in [3.8, 4) is 11.5 Å². The number of rotatable bonds is 8. The van der Waals surface area contributed by atoms with E-state index in [-0.39, 0.29) is 21.6 Å². The molecule has 0 radical (unpaired) electrons. The van der Waals surface area contributed by atoms with Crippen molar-refractivity contribution in [2.24, 2.45) is 0 Å². The maximum Gasteiger partial charge on any atom is 0.332 e. The van der Waals surface area contributed by atoms with Crippen LogP contribution >= 0.6 is 11.6 Å². The molecule has 0 unspecified atom stereocenters. The van der Waals surface area contributed by atoms with Crippen LogP contribution in [0.1, 0.15) is 5.56 Å². The van der Waals surface area contributed by atoms with E-state index in [4.69, 9.17) is 21.1 Å². The molecule has 0 saturated heterocycles. The zero-order chi connectivity index (χ0) is 27.4. The number of carbonyl (C=O) groups is 2. The van der Waals surface area contributed by atoms with Crippen LogP contribution in [-0.4, -0.2) is 35.2 Å². The van der Waals surface area contributed by atoms with Crippen LogP contribution in [0.5, 0.6) is 11.5 Å². The van der Waals surface area contributed by atoms with Crippen LogP contribution in [0.4, 0.5) is 11.4 Å². The number of fused-ring (bicyclic) bond motifs is 1. The lowest BCUT2D eigenvalue weighted by Gasteiger charge is -2.16. The van der Waals surface area contributed by atoms with E-state index in [0.717, 1.165) is 14.7 Å². The highest BCUT2D eigenvalue weighted by Crippen LogP contribution is 2.35. The number of aryl methyl sites for hydroxylation is 1. The number of nitrogens with one attached hydrogen (secondary N) is 2. The number of anilines is 2. The quantitative estimate of drug-likeness (QED) is 0.356.